The number of nitrogens with two attached hydrogens (primary N) is 1. The van der Waals surface area contributed by atoms with Gasteiger partial charge >= 0.3 is 0 Å². The number of aliphatic imine (C=N–C) groups is 2. The summed E-state index contributed by atoms with van der Waals surface area (Å²) in [4.78, 5) is 21.5. The van der Waals surface area contributed by atoms with Crippen molar-refractivity contribution >= 4 is 23.9 Å². The third-order valence-electron chi connectivity index (χ3n) is 6.34. The summed E-state index contributed by atoms with van der Waals surface area (Å²) in [6, 6.07) is 13.2. The summed E-state index contributed by atoms with van der Waals surface area (Å²) in [5.41, 5.74) is 8.53. The minimum Gasteiger partial charge on any atom is -0.385 e. The van der Waals surface area contributed by atoms with Crippen LogP contribution in [0.4, 0.5) is 4.39 Å². The van der Waals surface area contributed by atoms with Crippen molar-refractivity contribution in [1.82, 2.24) is 10.3 Å². The molecule has 2 aliphatic heterocycles. The Kier molecular flexibility index (Phi) is 5.43. The molecule has 2 unspecified atom stereocenters. The van der Waals surface area contributed by atoms with Crippen LogP contribution in [0.3, 0.4) is 0 Å². The number of amides is 1. The first kappa shape index (κ1) is 20.4. The van der Waals surface area contributed by atoms with Gasteiger partial charge in [0.05, 0.1) is 0 Å². The lowest BCUT2D eigenvalue weighted by Gasteiger charge is -2.29. The molecule has 0 saturated heterocycles. The van der Waals surface area contributed by atoms with E-state index in [0.29, 0.717) is 23.9 Å². The Morgan fingerprint density at radius 2 is 1.94 bits per heavy atom. The van der Waals surface area contributed by atoms with Crippen LogP contribution in [0.5, 0.6) is 0 Å². The number of carbonyl (C=O) groups excluding carboxylic acids is 1. The molecule has 32 heavy (non-hydrogen) atoms. The molecular weight excluding hydrogens is 407 g/mol. The van der Waals surface area contributed by atoms with Crippen molar-refractivity contribution in [1.29, 1.82) is 0 Å². The standard InChI is InChI=1S/C24H25FN6O/c25-19-7-3-6-18(12-19)24(32)27-13-15-8-10-16(11-9-15)20-21-22(26)28-14-29-31(21)23(30-20)17-4-1-2-5-17/h3,6-12,14,17,20-21H,1-2,4-5,13H2,(H,27,32)(H2,26,28,29). The van der Waals surface area contributed by atoms with E-state index in [0.717, 1.165) is 29.8 Å². The summed E-state index contributed by atoms with van der Waals surface area (Å²) >= 11 is 0. The van der Waals surface area contributed by atoms with Crippen LogP contribution < -0.4 is 11.1 Å². The third-order valence-corrected chi connectivity index (χ3v) is 6.34. The fourth-order valence-electron chi connectivity index (χ4n) is 4.67. The maximum absolute atomic E-state index is 13.3. The second kappa shape index (κ2) is 8.53. The Morgan fingerprint density at radius 3 is 2.69 bits per heavy atom. The molecule has 0 radical (unpaired) electrons. The Balaban J connectivity index is 1.31. The van der Waals surface area contributed by atoms with Crippen molar-refractivity contribution in [2.75, 3.05) is 0 Å². The van der Waals surface area contributed by atoms with Gasteiger partial charge < -0.3 is 11.1 Å². The van der Waals surface area contributed by atoms with E-state index >= 15 is 0 Å². The van der Waals surface area contributed by atoms with E-state index in [-0.39, 0.29) is 18.0 Å². The van der Waals surface area contributed by atoms with Crippen molar-refractivity contribution in [3.8, 4) is 0 Å². The highest BCUT2D eigenvalue weighted by Gasteiger charge is 2.43. The van der Waals surface area contributed by atoms with Gasteiger partial charge in [0.2, 0.25) is 0 Å². The van der Waals surface area contributed by atoms with Gasteiger partial charge in [-0.3, -0.25) is 9.79 Å². The molecule has 2 aromatic rings. The molecule has 3 N–H and O–H groups in total. The molecule has 1 aliphatic carbocycles. The third kappa shape index (κ3) is 3.88. The Labute approximate surface area is 185 Å². The van der Waals surface area contributed by atoms with E-state index in [1.165, 1.54) is 37.4 Å². The summed E-state index contributed by atoms with van der Waals surface area (Å²) < 4.78 is 13.3. The van der Waals surface area contributed by atoms with Crippen LogP contribution >= 0.6 is 0 Å². The van der Waals surface area contributed by atoms with Crippen LogP contribution in [-0.2, 0) is 6.54 Å². The van der Waals surface area contributed by atoms with Gasteiger partial charge in [-0.15, -0.1) is 0 Å². The topological polar surface area (TPSA) is 95.4 Å². The predicted octanol–water partition coefficient (Wildman–Crippen LogP) is 3.38. The van der Waals surface area contributed by atoms with Crippen molar-refractivity contribution in [2.45, 2.75) is 44.3 Å². The highest BCUT2D eigenvalue weighted by Crippen LogP contribution is 2.38. The van der Waals surface area contributed by atoms with E-state index in [1.54, 1.807) is 6.07 Å². The van der Waals surface area contributed by atoms with Crippen molar-refractivity contribution in [3.63, 3.8) is 0 Å². The van der Waals surface area contributed by atoms with Gasteiger partial charge in [-0.25, -0.2) is 14.4 Å². The van der Waals surface area contributed by atoms with Gasteiger partial charge in [-0.2, -0.15) is 5.10 Å². The largest absolute Gasteiger partial charge is 0.385 e. The number of rotatable bonds is 5. The van der Waals surface area contributed by atoms with Gasteiger partial charge in [0, 0.05) is 18.0 Å². The monoisotopic (exact) mass is 432 g/mol. The molecule has 0 aromatic heterocycles. The van der Waals surface area contributed by atoms with Gasteiger partial charge in [-0.1, -0.05) is 43.2 Å². The number of halogens is 1. The van der Waals surface area contributed by atoms with Gasteiger partial charge in [-0.05, 0) is 42.2 Å². The molecule has 1 saturated carbocycles. The molecule has 0 bridgehead atoms. The lowest BCUT2D eigenvalue weighted by Crippen LogP contribution is -2.46. The maximum atomic E-state index is 13.3. The van der Waals surface area contributed by atoms with E-state index < -0.39 is 5.82 Å². The molecule has 2 atom stereocenters. The highest BCUT2D eigenvalue weighted by atomic mass is 19.1. The number of amidine groups is 2. The summed E-state index contributed by atoms with van der Waals surface area (Å²) in [5.74, 6) is 1.21. The van der Waals surface area contributed by atoms with Crippen LogP contribution in [0.15, 0.2) is 63.6 Å². The quantitative estimate of drug-likeness (QED) is 0.758. The number of hydrogen-bond donors (Lipinski definition) is 2. The second-order valence-electron chi connectivity index (χ2n) is 8.42. The first-order chi connectivity index (χ1) is 15.6. The second-order valence-corrected chi connectivity index (χ2v) is 8.42. The molecule has 3 aliphatic rings. The maximum Gasteiger partial charge on any atom is 0.251 e. The zero-order valence-corrected chi connectivity index (χ0v) is 17.6. The van der Waals surface area contributed by atoms with Crippen molar-refractivity contribution in [3.05, 3.63) is 71.0 Å². The van der Waals surface area contributed by atoms with Gasteiger partial charge in [0.15, 0.2) is 0 Å². The molecule has 2 heterocycles. The van der Waals surface area contributed by atoms with E-state index in [4.69, 9.17) is 10.7 Å². The minimum absolute atomic E-state index is 0.164. The number of fused-ring (bicyclic) bond motifs is 1. The lowest BCUT2D eigenvalue weighted by molar-refractivity contribution is 0.0950. The fourth-order valence-corrected chi connectivity index (χ4v) is 4.67. The molecule has 0 spiro atoms. The van der Waals surface area contributed by atoms with Crippen molar-refractivity contribution < 1.29 is 9.18 Å². The molecule has 7 nitrogen and oxygen atoms in total. The Bertz CT molecular complexity index is 1100. The first-order valence-corrected chi connectivity index (χ1v) is 11.0. The highest BCUT2D eigenvalue weighted by molar-refractivity contribution is 6.01. The number of hydrazone groups is 1. The molecule has 5 rings (SSSR count). The summed E-state index contributed by atoms with van der Waals surface area (Å²) in [7, 11) is 0. The predicted molar refractivity (Wildman–Crippen MR) is 122 cm³/mol. The number of benzene rings is 2. The zero-order chi connectivity index (χ0) is 22.1. The summed E-state index contributed by atoms with van der Waals surface area (Å²) in [6.07, 6.45) is 6.20. The van der Waals surface area contributed by atoms with Crippen LogP contribution in [0.2, 0.25) is 0 Å². The van der Waals surface area contributed by atoms with Gasteiger partial charge in [0.25, 0.3) is 5.91 Å². The average Bonchev–Trinajstić information content (AvgIpc) is 3.46. The molecule has 164 valence electrons. The minimum atomic E-state index is -0.431. The van der Waals surface area contributed by atoms with Crippen LogP contribution in [0.25, 0.3) is 0 Å². The first-order valence-electron chi connectivity index (χ1n) is 11.0. The fraction of sp³-hybridized carbons (Fsp3) is 0.333. The van der Waals surface area contributed by atoms with E-state index in [2.05, 4.69) is 15.4 Å². The van der Waals surface area contributed by atoms with Crippen LogP contribution in [-0.4, -0.2) is 35.0 Å². The number of nitrogens with zero attached hydrogens (tertiary/aromatic N) is 4. The average molecular weight is 433 g/mol. The van der Waals surface area contributed by atoms with Crippen LogP contribution in [0.1, 0.15) is 53.2 Å². The van der Waals surface area contributed by atoms with E-state index in [9.17, 15) is 9.18 Å². The molecule has 1 amide bonds. The summed E-state index contributed by atoms with van der Waals surface area (Å²) in [6.45, 7) is 0.348. The van der Waals surface area contributed by atoms with Crippen molar-refractivity contribution in [2.24, 2.45) is 26.7 Å². The number of nitrogens with one attached hydrogen (secondary N) is 1. The van der Waals surface area contributed by atoms with E-state index in [1.807, 2.05) is 29.3 Å². The van der Waals surface area contributed by atoms with Gasteiger partial charge in [0.1, 0.15) is 35.9 Å². The Hall–Kier alpha value is -3.55. The van der Waals surface area contributed by atoms with Crippen LogP contribution in [0, 0.1) is 11.7 Å². The Morgan fingerprint density at radius 1 is 1.16 bits per heavy atom. The zero-order valence-electron chi connectivity index (χ0n) is 17.6. The summed E-state index contributed by atoms with van der Waals surface area (Å²) in [5, 5.41) is 9.26. The SMILES string of the molecule is NC1=NC=NN2C(C3CCCC3)=NC(c3ccc(CNC(=O)c4cccc(F)c4)cc3)C12. The smallest absolute Gasteiger partial charge is 0.251 e. The number of hydrogen-bond acceptors (Lipinski definition) is 6. The molecular formula is C24H25FN6O. The lowest BCUT2D eigenvalue weighted by atomic mass is 9.98. The normalized spacial score (nSPS) is 22.5. The molecule has 8 heteroatoms. The molecule has 1 fully saturated rings. The number of carbonyl (C=O) groups is 1. The molecule has 2 aromatic carbocycles.